The van der Waals surface area contributed by atoms with E-state index in [1.54, 1.807) is 12.4 Å². The van der Waals surface area contributed by atoms with Crippen molar-refractivity contribution in [3.8, 4) is 0 Å². The maximum atomic E-state index is 4.24. The summed E-state index contributed by atoms with van der Waals surface area (Å²) < 4.78 is 0. The molecule has 2 saturated heterocycles. The predicted octanol–water partition coefficient (Wildman–Crippen LogP) is 0.404. The van der Waals surface area contributed by atoms with E-state index in [1.807, 2.05) is 0 Å². The Labute approximate surface area is 95.5 Å². The SMILES string of the molecule is CN1CCC2(CC1)CN(c1nccnn1)C2. The van der Waals surface area contributed by atoms with Gasteiger partial charge in [0.05, 0.1) is 12.4 Å². The molecule has 5 heteroatoms. The molecule has 0 atom stereocenters. The third kappa shape index (κ3) is 1.65. The molecule has 0 aliphatic carbocycles. The smallest absolute Gasteiger partial charge is 0.245 e. The van der Waals surface area contributed by atoms with Crippen LogP contribution in [-0.2, 0) is 0 Å². The normalized spacial score (nSPS) is 24.4. The maximum Gasteiger partial charge on any atom is 0.245 e. The lowest BCUT2D eigenvalue weighted by molar-refractivity contribution is 0.0893. The molecule has 3 rings (SSSR count). The first-order valence-electron chi connectivity index (χ1n) is 5.85. The summed E-state index contributed by atoms with van der Waals surface area (Å²) in [6, 6.07) is 0. The summed E-state index contributed by atoms with van der Waals surface area (Å²) in [7, 11) is 2.20. The molecule has 86 valence electrons. The average molecular weight is 219 g/mol. The number of likely N-dealkylation sites (tertiary alicyclic amines) is 1. The Hall–Kier alpha value is -1.23. The Morgan fingerprint density at radius 3 is 2.56 bits per heavy atom. The number of hydrogen-bond acceptors (Lipinski definition) is 5. The minimum Gasteiger partial charge on any atom is -0.338 e. The Morgan fingerprint density at radius 1 is 1.19 bits per heavy atom. The minimum atomic E-state index is 0.533. The summed E-state index contributed by atoms with van der Waals surface area (Å²) in [4.78, 5) is 8.88. The standard InChI is InChI=1S/C11H17N5/c1-15-6-2-11(3-7-15)8-16(9-11)10-12-4-5-13-14-10/h4-5H,2-3,6-9H2,1H3. The van der Waals surface area contributed by atoms with Crippen LogP contribution in [0.3, 0.4) is 0 Å². The molecule has 0 amide bonds. The van der Waals surface area contributed by atoms with E-state index in [0.717, 1.165) is 19.0 Å². The van der Waals surface area contributed by atoms with Crippen molar-refractivity contribution in [3.05, 3.63) is 12.4 Å². The quantitative estimate of drug-likeness (QED) is 0.684. The summed E-state index contributed by atoms with van der Waals surface area (Å²) in [6.45, 7) is 4.66. The number of aromatic nitrogens is 3. The fourth-order valence-electron chi connectivity index (χ4n) is 2.70. The third-order valence-electron chi connectivity index (χ3n) is 3.85. The Morgan fingerprint density at radius 2 is 1.94 bits per heavy atom. The lowest BCUT2D eigenvalue weighted by Crippen LogP contribution is -2.60. The van der Waals surface area contributed by atoms with E-state index in [2.05, 4.69) is 32.0 Å². The van der Waals surface area contributed by atoms with Gasteiger partial charge in [0.1, 0.15) is 0 Å². The second kappa shape index (κ2) is 3.66. The van der Waals surface area contributed by atoms with Crippen LogP contribution in [0, 0.1) is 5.41 Å². The third-order valence-corrected chi connectivity index (χ3v) is 3.85. The van der Waals surface area contributed by atoms with E-state index < -0.39 is 0 Å². The van der Waals surface area contributed by atoms with Crippen molar-refractivity contribution in [2.75, 3.05) is 38.1 Å². The monoisotopic (exact) mass is 219 g/mol. The van der Waals surface area contributed by atoms with Crippen molar-refractivity contribution >= 4 is 5.95 Å². The van der Waals surface area contributed by atoms with Crippen molar-refractivity contribution in [2.24, 2.45) is 5.41 Å². The molecule has 16 heavy (non-hydrogen) atoms. The summed E-state index contributed by atoms with van der Waals surface area (Å²) >= 11 is 0. The van der Waals surface area contributed by atoms with Gasteiger partial charge in [-0.25, -0.2) is 4.98 Å². The molecule has 3 heterocycles. The predicted molar refractivity (Wildman–Crippen MR) is 61.2 cm³/mol. The van der Waals surface area contributed by atoms with Gasteiger partial charge >= 0.3 is 0 Å². The number of hydrogen-bond donors (Lipinski definition) is 0. The fraction of sp³-hybridized carbons (Fsp3) is 0.727. The van der Waals surface area contributed by atoms with Gasteiger partial charge in [-0.15, -0.1) is 5.10 Å². The lowest BCUT2D eigenvalue weighted by atomic mass is 9.72. The van der Waals surface area contributed by atoms with Crippen LogP contribution >= 0.6 is 0 Å². The van der Waals surface area contributed by atoms with Gasteiger partial charge in [0.2, 0.25) is 5.95 Å². The first-order chi connectivity index (χ1) is 7.77. The molecule has 1 aromatic heterocycles. The van der Waals surface area contributed by atoms with E-state index >= 15 is 0 Å². The van der Waals surface area contributed by atoms with Crippen LogP contribution in [0.1, 0.15) is 12.8 Å². The van der Waals surface area contributed by atoms with E-state index in [9.17, 15) is 0 Å². The topological polar surface area (TPSA) is 45.2 Å². The molecule has 2 fully saturated rings. The van der Waals surface area contributed by atoms with Gasteiger partial charge in [-0.1, -0.05) is 0 Å². The van der Waals surface area contributed by atoms with Gasteiger partial charge in [0.15, 0.2) is 0 Å². The molecule has 0 aromatic carbocycles. The van der Waals surface area contributed by atoms with Crippen molar-refractivity contribution in [3.63, 3.8) is 0 Å². The van der Waals surface area contributed by atoms with Crippen LogP contribution < -0.4 is 4.90 Å². The van der Waals surface area contributed by atoms with Crippen LogP contribution in [0.2, 0.25) is 0 Å². The van der Waals surface area contributed by atoms with Crippen LogP contribution in [0.15, 0.2) is 12.4 Å². The van der Waals surface area contributed by atoms with E-state index in [0.29, 0.717) is 5.41 Å². The van der Waals surface area contributed by atoms with Crippen LogP contribution in [0.4, 0.5) is 5.95 Å². The van der Waals surface area contributed by atoms with Gasteiger partial charge in [-0.05, 0) is 33.0 Å². The van der Waals surface area contributed by atoms with Gasteiger partial charge in [0.25, 0.3) is 0 Å². The Bertz CT molecular complexity index is 350. The first kappa shape index (κ1) is 9.96. The van der Waals surface area contributed by atoms with Gasteiger partial charge < -0.3 is 9.80 Å². The number of nitrogens with zero attached hydrogens (tertiary/aromatic N) is 5. The molecular formula is C11H17N5. The highest BCUT2D eigenvalue weighted by Gasteiger charge is 2.45. The zero-order valence-corrected chi connectivity index (χ0v) is 9.63. The molecule has 0 radical (unpaired) electrons. The van der Waals surface area contributed by atoms with Crippen molar-refractivity contribution < 1.29 is 0 Å². The molecule has 0 saturated carbocycles. The zero-order chi connectivity index (χ0) is 11.0. The highest BCUT2D eigenvalue weighted by atomic mass is 15.4. The largest absolute Gasteiger partial charge is 0.338 e. The van der Waals surface area contributed by atoms with Crippen molar-refractivity contribution in [1.82, 2.24) is 20.1 Å². The highest BCUT2D eigenvalue weighted by Crippen LogP contribution is 2.41. The molecule has 0 unspecified atom stereocenters. The van der Waals surface area contributed by atoms with Crippen LogP contribution in [-0.4, -0.2) is 53.3 Å². The van der Waals surface area contributed by atoms with Crippen LogP contribution in [0.25, 0.3) is 0 Å². The van der Waals surface area contributed by atoms with Crippen LogP contribution in [0.5, 0.6) is 0 Å². The van der Waals surface area contributed by atoms with Gasteiger partial charge in [-0.2, -0.15) is 5.10 Å². The summed E-state index contributed by atoms with van der Waals surface area (Å²) in [5, 5.41) is 7.92. The highest BCUT2D eigenvalue weighted by molar-refractivity contribution is 5.34. The molecule has 0 N–H and O–H groups in total. The second-order valence-corrected chi connectivity index (χ2v) is 5.10. The lowest BCUT2D eigenvalue weighted by Gasteiger charge is -2.53. The first-order valence-corrected chi connectivity index (χ1v) is 5.85. The number of anilines is 1. The van der Waals surface area contributed by atoms with Crippen molar-refractivity contribution in [1.29, 1.82) is 0 Å². The summed E-state index contributed by atoms with van der Waals surface area (Å²) in [5.74, 6) is 0.784. The van der Waals surface area contributed by atoms with Crippen molar-refractivity contribution in [2.45, 2.75) is 12.8 Å². The molecule has 1 aromatic rings. The minimum absolute atomic E-state index is 0.533. The summed E-state index contributed by atoms with van der Waals surface area (Å²) in [5.41, 5.74) is 0.533. The van der Waals surface area contributed by atoms with E-state index in [-0.39, 0.29) is 0 Å². The molecule has 1 spiro atoms. The number of rotatable bonds is 1. The van der Waals surface area contributed by atoms with E-state index in [1.165, 1.54) is 25.9 Å². The fourth-order valence-corrected chi connectivity index (χ4v) is 2.70. The Kier molecular flexibility index (Phi) is 2.28. The molecule has 2 aliphatic rings. The average Bonchev–Trinajstić information content (AvgIpc) is 2.29. The second-order valence-electron chi connectivity index (χ2n) is 5.10. The van der Waals surface area contributed by atoms with Gasteiger partial charge in [0, 0.05) is 18.5 Å². The van der Waals surface area contributed by atoms with E-state index in [4.69, 9.17) is 0 Å². The molecule has 2 aliphatic heterocycles. The number of piperidine rings is 1. The molecule has 5 nitrogen and oxygen atoms in total. The Balaban J connectivity index is 1.62. The molecule has 0 bridgehead atoms. The summed E-state index contributed by atoms with van der Waals surface area (Å²) in [6.07, 6.45) is 5.94. The zero-order valence-electron chi connectivity index (χ0n) is 9.63. The maximum absolute atomic E-state index is 4.24. The molecular weight excluding hydrogens is 202 g/mol. The van der Waals surface area contributed by atoms with Gasteiger partial charge in [-0.3, -0.25) is 0 Å².